The summed E-state index contributed by atoms with van der Waals surface area (Å²) in [7, 11) is -1.17. The third-order valence-corrected chi connectivity index (χ3v) is 1.65. The number of hydrogen-bond donors (Lipinski definition) is 0. The summed E-state index contributed by atoms with van der Waals surface area (Å²) >= 11 is 5.63. The van der Waals surface area contributed by atoms with E-state index in [1.165, 1.54) is 0 Å². The van der Waals surface area contributed by atoms with E-state index in [-0.39, 0.29) is 5.38 Å². The highest BCUT2D eigenvalue weighted by Crippen LogP contribution is 1.98. The molecular weight excluding hydrogens is 148 g/mol. The smallest absolute Gasteiger partial charge is 0.129 e. The molecule has 0 radical (unpaired) electrons. The quantitative estimate of drug-likeness (QED) is 0.290. The first kappa shape index (κ1) is 9.07. The van der Waals surface area contributed by atoms with Crippen molar-refractivity contribution in [2.45, 2.75) is 31.9 Å². The molecule has 9 heavy (non-hydrogen) atoms. The van der Waals surface area contributed by atoms with Gasteiger partial charge in [-0.25, -0.2) is 0 Å². The second-order valence-electron chi connectivity index (χ2n) is 3.14. The van der Waals surface area contributed by atoms with E-state index in [2.05, 4.69) is 31.1 Å². The van der Waals surface area contributed by atoms with Crippen LogP contribution < -0.4 is 0 Å². The lowest BCUT2D eigenvalue weighted by Crippen LogP contribution is -2.16. The van der Waals surface area contributed by atoms with E-state index in [9.17, 15) is 0 Å². The van der Waals surface area contributed by atoms with Crippen LogP contribution in [-0.2, 0) is 0 Å². The van der Waals surface area contributed by atoms with Gasteiger partial charge in [-0.05, 0) is 6.92 Å². The minimum absolute atomic E-state index is 0.0109. The maximum absolute atomic E-state index is 5.63. The van der Waals surface area contributed by atoms with E-state index in [1.807, 2.05) is 6.92 Å². The van der Waals surface area contributed by atoms with Crippen LogP contribution in [0.2, 0.25) is 19.6 Å². The summed E-state index contributed by atoms with van der Waals surface area (Å²) in [6.07, 6.45) is 0. The molecule has 0 nitrogen and oxygen atoms in total. The van der Waals surface area contributed by atoms with Gasteiger partial charge in [-0.3, -0.25) is 0 Å². The molecule has 0 N–H and O–H groups in total. The minimum atomic E-state index is -1.17. The van der Waals surface area contributed by atoms with Gasteiger partial charge in [0.1, 0.15) is 8.07 Å². The lowest BCUT2D eigenvalue weighted by atomic mass is 10.5. The zero-order valence-electron chi connectivity index (χ0n) is 6.46. The van der Waals surface area contributed by atoms with E-state index >= 15 is 0 Å². The predicted molar refractivity (Wildman–Crippen MR) is 46.4 cm³/mol. The van der Waals surface area contributed by atoms with Crippen LogP contribution in [0.3, 0.4) is 0 Å². The highest BCUT2D eigenvalue weighted by molar-refractivity contribution is 6.83. The van der Waals surface area contributed by atoms with Crippen molar-refractivity contribution in [1.29, 1.82) is 0 Å². The molecule has 0 amide bonds. The minimum Gasteiger partial charge on any atom is -0.130 e. The third kappa shape index (κ3) is 8.07. The molecule has 0 aliphatic heterocycles. The van der Waals surface area contributed by atoms with Crippen molar-refractivity contribution in [2.24, 2.45) is 0 Å². The largest absolute Gasteiger partial charge is 0.130 e. The summed E-state index contributed by atoms with van der Waals surface area (Å²) in [5.41, 5.74) is 3.18. The Hall–Kier alpha value is 0.0669. The topological polar surface area (TPSA) is 0 Å². The maximum Gasteiger partial charge on any atom is 0.129 e. The molecule has 0 spiro atoms. The Labute approximate surface area is 63.6 Å². The molecule has 0 heterocycles. The molecule has 0 aromatic carbocycles. The zero-order chi connectivity index (χ0) is 7.49. The first-order valence-corrected chi connectivity index (χ1v) is 7.02. The summed E-state index contributed by atoms with van der Waals surface area (Å²) in [4.78, 5) is 0. The summed E-state index contributed by atoms with van der Waals surface area (Å²) in [6, 6.07) is 0. The van der Waals surface area contributed by atoms with E-state index in [0.29, 0.717) is 0 Å². The Morgan fingerprint density at radius 2 is 1.78 bits per heavy atom. The summed E-state index contributed by atoms with van der Waals surface area (Å²) < 4.78 is 0. The second kappa shape index (κ2) is 3.29. The van der Waals surface area contributed by atoms with Crippen LogP contribution in [0, 0.1) is 11.5 Å². The number of alkyl halides is 1. The molecule has 1 atom stereocenters. The molecule has 0 aliphatic carbocycles. The standard InChI is InChI=1S/C7H13ClSi/c1-7(8)5-6-9(2,3)4/h7H,1-4H3. The fraction of sp³-hybridized carbons (Fsp3) is 0.714. The molecule has 0 saturated carbocycles. The Kier molecular flexibility index (Phi) is 3.31. The number of halogens is 1. The molecule has 0 aliphatic rings. The predicted octanol–water partition coefficient (Wildman–Crippen LogP) is 2.49. The van der Waals surface area contributed by atoms with Crippen molar-refractivity contribution in [3.8, 4) is 11.5 Å². The molecule has 0 saturated heterocycles. The normalized spacial score (nSPS) is 13.9. The SMILES string of the molecule is CC(Cl)C#C[Si](C)(C)C. The monoisotopic (exact) mass is 160 g/mol. The Morgan fingerprint density at radius 1 is 1.33 bits per heavy atom. The van der Waals surface area contributed by atoms with Gasteiger partial charge in [-0.2, -0.15) is 0 Å². The molecule has 0 rings (SSSR count). The Bertz CT molecular complexity index is 133. The van der Waals surface area contributed by atoms with Gasteiger partial charge in [-0.1, -0.05) is 25.6 Å². The Morgan fingerprint density at radius 3 is 1.89 bits per heavy atom. The van der Waals surface area contributed by atoms with Gasteiger partial charge >= 0.3 is 0 Å². The lowest BCUT2D eigenvalue weighted by Gasteiger charge is -2.03. The van der Waals surface area contributed by atoms with Gasteiger partial charge in [0.2, 0.25) is 0 Å². The average molecular weight is 161 g/mol. The molecule has 1 unspecified atom stereocenters. The van der Waals surface area contributed by atoms with Gasteiger partial charge in [0.15, 0.2) is 0 Å². The van der Waals surface area contributed by atoms with Gasteiger partial charge < -0.3 is 0 Å². The zero-order valence-corrected chi connectivity index (χ0v) is 8.21. The highest BCUT2D eigenvalue weighted by Gasteiger charge is 2.07. The fourth-order valence-corrected chi connectivity index (χ4v) is 1.11. The Balaban J connectivity index is 3.88. The first-order chi connectivity index (χ1) is 3.92. The van der Waals surface area contributed by atoms with Gasteiger partial charge in [0.05, 0.1) is 5.38 Å². The lowest BCUT2D eigenvalue weighted by molar-refractivity contribution is 1.28. The second-order valence-corrected chi connectivity index (χ2v) is 8.54. The summed E-state index contributed by atoms with van der Waals surface area (Å²) in [5.74, 6) is 2.96. The van der Waals surface area contributed by atoms with E-state index in [0.717, 1.165) is 0 Å². The molecule has 52 valence electrons. The van der Waals surface area contributed by atoms with Crippen molar-refractivity contribution in [3.63, 3.8) is 0 Å². The fourth-order valence-electron chi connectivity index (χ4n) is 0.316. The van der Waals surface area contributed by atoms with Crippen LogP contribution in [0.4, 0.5) is 0 Å². The average Bonchev–Trinajstić information content (AvgIpc) is 1.59. The molecule has 0 aromatic heterocycles. The van der Waals surface area contributed by atoms with Gasteiger partial charge in [0.25, 0.3) is 0 Å². The third-order valence-electron chi connectivity index (χ3n) is 0.646. The van der Waals surface area contributed by atoms with Crippen molar-refractivity contribution >= 4 is 19.7 Å². The van der Waals surface area contributed by atoms with E-state index < -0.39 is 8.07 Å². The van der Waals surface area contributed by atoms with Crippen molar-refractivity contribution in [1.82, 2.24) is 0 Å². The number of rotatable bonds is 0. The van der Waals surface area contributed by atoms with Gasteiger partial charge in [0, 0.05) is 0 Å². The van der Waals surface area contributed by atoms with E-state index in [4.69, 9.17) is 11.6 Å². The first-order valence-electron chi connectivity index (χ1n) is 3.08. The molecule has 0 bridgehead atoms. The summed E-state index contributed by atoms with van der Waals surface area (Å²) in [6.45, 7) is 8.52. The van der Waals surface area contributed by atoms with Crippen LogP contribution in [0.1, 0.15) is 6.92 Å². The van der Waals surface area contributed by atoms with Gasteiger partial charge in [-0.15, -0.1) is 17.1 Å². The summed E-state index contributed by atoms with van der Waals surface area (Å²) in [5, 5.41) is 0.0109. The highest BCUT2D eigenvalue weighted by atomic mass is 35.5. The van der Waals surface area contributed by atoms with Crippen LogP contribution in [0.5, 0.6) is 0 Å². The van der Waals surface area contributed by atoms with Crippen LogP contribution in [-0.4, -0.2) is 13.5 Å². The van der Waals surface area contributed by atoms with Crippen molar-refractivity contribution in [3.05, 3.63) is 0 Å². The molecular formula is C7H13ClSi. The molecule has 2 heteroatoms. The van der Waals surface area contributed by atoms with Crippen LogP contribution in [0.15, 0.2) is 0 Å². The van der Waals surface area contributed by atoms with Crippen LogP contribution >= 0.6 is 11.6 Å². The number of hydrogen-bond acceptors (Lipinski definition) is 0. The van der Waals surface area contributed by atoms with Crippen LogP contribution in [0.25, 0.3) is 0 Å². The maximum atomic E-state index is 5.63. The van der Waals surface area contributed by atoms with E-state index in [1.54, 1.807) is 0 Å². The molecule has 0 fully saturated rings. The molecule has 0 aromatic rings. The van der Waals surface area contributed by atoms with Crippen molar-refractivity contribution in [2.75, 3.05) is 0 Å². The van der Waals surface area contributed by atoms with Crippen molar-refractivity contribution < 1.29 is 0 Å².